The first-order chi connectivity index (χ1) is 5.77. The molecule has 0 unspecified atom stereocenters. The number of aromatic nitrogens is 1. The number of hydrogen-bond donors (Lipinski definition) is 0. The Balaban J connectivity index is 2.70. The van der Waals surface area contributed by atoms with Crippen molar-refractivity contribution in [1.29, 1.82) is 0 Å². The lowest BCUT2D eigenvalue weighted by molar-refractivity contribution is 0.105. The van der Waals surface area contributed by atoms with E-state index in [1.807, 2.05) is 0 Å². The van der Waals surface area contributed by atoms with Crippen LogP contribution in [0.3, 0.4) is 0 Å². The van der Waals surface area contributed by atoms with Crippen LogP contribution in [0.2, 0.25) is 0 Å². The third-order valence-corrected chi connectivity index (χ3v) is 1.70. The van der Waals surface area contributed by atoms with E-state index in [1.165, 1.54) is 0 Å². The summed E-state index contributed by atoms with van der Waals surface area (Å²) in [6.07, 6.45) is 3.17. The number of carbonyl (C=O) groups excluding carboxylic acids is 1. The molecule has 0 aliphatic heterocycles. The van der Waals surface area contributed by atoms with Crippen LogP contribution in [0.1, 0.15) is 10.6 Å². The number of nitrogens with zero attached hydrogens (tertiary/aromatic N) is 1. The van der Waals surface area contributed by atoms with Crippen LogP contribution in [-0.4, -0.2) is 10.2 Å². The molecule has 0 fully saturated rings. The molecule has 0 N–H and O–H groups in total. The molecule has 3 nitrogen and oxygen atoms in total. The molecule has 0 aliphatic rings. The van der Waals surface area contributed by atoms with Crippen LogP contribution in [0.4, 0.5) is 0 Å². The summed E-state index contributed by atoms with van der Waals surface area (Å²) in [4.78, 5) is 14.5. The van der Waals surface area contributed by atoms with Gasteiger partial charge in [0.2, 0.25) is 0 Å². The quantitative estimate of drug-likeness (QED) is 0.634. The highest BCUT2D eigenvalue weighted by molar-refractivity contribution is 6.67. The maximum atomic E-state index is 10.7. The van der Waals surface area contributed by atoms with Crippen molar-refractivity contribution in [3.63, 3.8) is 0 Å². The van der Waals surface area contributed by atoms with Crippen molar-refractivity contribution < 1.29 is 9.21 Å². The molecule has 0 amide bonds. The Labute approximate surface area is 73.0 Å². The van der Waals surface area contributed by atoms with Gasteiger partial charge in [-0.25, -0.2) is 0 Å². The summed E-state index contributed by atoms with van der Waals surface area (Å²) in [5.41, 5.74) is 0.571. The van der Waals surface area contributed by atoms with Crippen LogP contribution in [0, 0.1) is 0 Å². The largest absolute Gasteiger partial charge is 0.450 e. The Morgan fingerprint density at radius 2 is 2.42 bits per heavy atom. The minimum absolute atomic E-state index is 0.152. The van der Waals surface area contributed by atoms with Gasteiger partial charge in [-0.05, 0) is 23.7 Å². The Morgan fingerprint density at radius 1 is 1.58 bits per heavy atom. The molecule has 0 bridgehead atoms. The van der Waals surface area contributed by atoms with E-state index >= 15 is 0 Å². The summed E-state index contributed by atoms with van der Waals surface area (Å²) >= 11 is 5.22. The molecule has 0 aromatic carbocycles. The molecule has 2 aromatic rings. The molecular weight excluding hydrogens is 178 g/mol. The van der Waals surface area contributed by atoms with Crippen molar-refractivity contribution in [2.75, 3.05) is 0 Å². The zero-order valence-corrected chi connectivity index (χ0v) is 6.71. The molecule has 4 heteroatoms. The zero-order valence-electron chi connectivity index (χ0n) is 5.95. The fourth-order valence-electron chi connectivity index (χ4n) is 0.981. The molecule has 60 valence electrons. The average molecular weight is 182 g/mol. The van der Waals surface area contributed by atoms with Crippen LogP contribution in [0.15, 0.2) is 28.9 Å². The summed E-state index contributed by atoms with van der Waals surface area (Å²) in [6, 6.07) is 3.34. The van der Waals surface area contributed by atoms with E-state index in [1.54, 1.807) is 24.5 Å². The second kappa shape index (κ2) is 2.60. The number of rotatable bonds is 1. The number of halogens is 1. The highest BCUT2D eigenvalue weighted by Gasteiger charge is 2.08. The van der Waals surface area contributed by atoms with Crippen molar-refractivity contribution in [3.05, 3.63) is 30.3 Å². The Morgan fingerprint density at radius 3 is 3.08 bits per heavy atom. The van der Waals surface area contributed by atoms with Crippen molar-refractivity contribution in [3.8, 4) is 0 Å². The van der Waals surface area contributed by atoms with E-state index in [0.29, 0.717) is 5.58 Å². The topological polar surface area (TPSA) is 43.1 Å². The average Bonchev–Trinajstić information content (AvgIpc) is 2.46. The predicted molar refractivity (Wildman–Crippen MR) is 44.2 cm³/mol. The summed E-state index contributed by atoms with van der Waals surface area (Å²) in [7, 11) is 0. The van der Waals surface area contributed by atoms with Gasteiger partial charge >= 0.3 is 0 Å². The van der Waals surface area contributed by atoms with Gasteiger partial charge in [0.1, 0.15) is 0 Å². The Kier molecular flexibility index (Phi) is 1.59. The number of furan rings is 1. The lowest BCUT2D eigenvalue weighted by Crippen LogP contribution is -1.80. The highest BCUT2D eigenvalue weighted by Crippen LogP contribution is 2.18. The van der Waals surface area contributed by atoms with Crippen LogP contribution in [-0.2, 0) is 0 Å². The van der Waals surface area contributed by atoms with E-state index in [9.17, 15) is 4.79 Å². The fraction of sp³-hybridized carbons (Fsp3) is 0. The van der Waals surface area contributed by atoms with Gasteiger partial charge in [0.25, 0.3) is 5.24 Å². The second-order valence-electron chi connectivity index (χ2n) is 2.30. The fourth-order valence-corrected chi connectivity index (χ4v) is 1.07. The molecule has 2 rings (SSSR count). The van der Waals surface area contributed by atoms with Gasteiger partial charge in [0.15, 0.2) is 11.3 Å². The molecular formula is C8H4ClNO2. The zero-order chi connectivity index (χ0) is 8.55. The van der Waals surface area contributed by atoms with Crippen LogP contribution >= 0.6 is 11.6 Å². The third-order valence-electron chi connectivity index (χ3n) is 1.52. The van der Waals surface area contributed by atoms with Crippen LogP contribution in [0.25, 0.3) is 11.0 Å². The number of carbonyl (C=O) groups is 1. The first-order valence-corrected chi connectivity index (χ1v) is 3.68. The standard InChI is InChI=1S/C8H4ClNO2/c9-8(11)6-3-5-1-2-10-4-7(5)12-6/h1-4H. The van der Waals surface area contributed by atoms with Gasteiger partial charge < -0.3 is 4.42 Å². The lowest BCUT2D eigenvalue weighted by atomic mass is 10.3. The third kappa shape index (κ3) is 1.08. The normalized spacial score (nSPS) is 10.4. The minimum Gasteiger partial charge on any atom is -0.450 e. The van der Waals surface area contributed by atoms with Gasteiger partial charge in [-0.2, -0.15) is 0 Å². The number of hydrogen-bond acceptors (Lipinski definition) is 3. The monoisotopic (exact) mass is 181 g/mol. The Bertz CT molecular complexity index is 402. The van der Waals surface area contributed by atoms with Crippen LogP contribution in [0.5, 0.6) is 0 Å². The van der Waals surface area contributed by atoms with E-state index < -0.39 is 5.24 Å². The van der Waals surface area contributed by atoms with E-state index in [0.717, 1.165) is 5.39 Å². The molecule has 0 spiro atoms. The molecule has 2 heterocycles. The van der Waals surface area contributed by atoms with Crippen molar-refractivity contribution in [2.24, 2.45) is 0 Å². The Hall–Kier alpha value is -1.35. The molecule has 0 aliphatic carbocycles. The van der Waals surface area contributed by atoms with Crippen molar-refractivity contribution in [1.82, 2.24) is 4.98 Å². The maximum Gasteiger partial charge on any atom is 0.287 e. The molecule has 0 radical (unpaired) electrons. The molecule has 2 aromatic heterocycles. The summed E-state index contributed by atoms with van der Waals surface area (Å²) in [5.74, 6) is 0.152. The van der Waals surface area contributed by atoms with Crippen molar-refractivity contribution in [2.45, 2.75) is 0 Å². The van der Waals surface area contributed by atoms with E-state index in [2.05, 4.69) is 4.98 Å². The highest BCUT2D eigenvalue weighted by atomic mass is 35.5. The van der Waals surface area contributed by atoms with Gasteiger partial charge in [-0.3, -0.25) is 9.78 Å². The van der Waals surface area contributed by atoms with Crippen LogP contribution < -0.4 is 0 Å². The first-order valence-electron chi connectivity index (χ1n) is 3.31. The second-order valence-corrected chi connectivity index (χ2v) is 2.64. The van der Waals surface area contributed by atoms with Gasteiger partial charge in [0, 0.05) is 11.6 Å². The minimum atomic E-state index is -0.591. The first kappa shape index (κ1) is 7.31. The molecule has 0 saturated carbocycles. The molecule has 0 atom stereocenters. The lowest BCUT2D eigenvalue weighted by Gasteiger charge is -1.82. The van der Waals surface area contributed by atoms with Gasteiger partial charge in [-0.1, -0.05) is 0 Å². The molecule has 12 heavy (non-hydrogen) atoms. The van der Waals surface area contributed by atoms with Gasteiger partial charge in [0.05, 0.1) is 6.20 Å². The summed E-state index contributed by atoms with van der Waals surface area (Å²) in [5, 5.41) is 0.236. The van der Waals surface area contributed by atoms with E-state index in [-0.39, 0.29) is 5.76 Å². The van der Waals surface area contributed by atoms with Gasteiger partial charge in [-0.15, -0.1) is 0 Å². The SMILES string of the molecule is O=C(Cl)c1cc2ccncc2o1. The van der Waals surface area contributed by atoms with E-state index in [4.69, 9.17) is 16.0 Å². The number of fused-ring (bicyclic) bond motifs is 1. The van der Waals surface area contributed by atoms with Crippen molar-refractivity contribution >= 4 is 27.8 Å². The predicted octanol–water partition coefficient (Wildman–Crippen LogP) is 2.21. The smallest absolute Gasteiger partial charge is 0.287 e. The number of pyridine rings is 1. The molecule has 0 saturated heterocycles. The summed E-state index contributed by atoms with van der Waals surface area (Å²) in [6.45, 7) is 0. The maximum absolute atomic E-state index is 10.7. The summed E-state index contributed by atoms with van der Waals surface area (Å²) < 4.78 is 5.09.